The molecule has 0 fully saturated rings. The van der Waals surface area contributed by atoms with Gasteiger partial charge in [0, 0.05) is 57.6 Å². The number of benzene rings is 1. The zero-order chi connectivity index (χ0) is 9.84. The molecule has 0 N–H and O–H groups in total. The highest BCUT2D eigenvalue weighted by atomic mass is 127. The Morgan fingerprint density at radius 2 is 1.92 bits per heavy atom. The van der Waals surface area contributed by atoms with Crippen LogP contribution in [-0.4, -0.2) is 14.0 Å². The first-order valence-corrected chi connectivity index (χ1v) is 5.79. The molecule has 2 nitrogen and oxygen atoms in total. The summed E-state index contributed by atoms with van der Waals surface area (Å²) in [5.74, 6) is 0. The third kappa shape index (κ3) is 3.90. The van der Waals surface area contributed by atoms with Crippen LogP contribution in [0.5, 0.6) is 0 Å². The normalized spacial score (nSPS) is 10.5. The van der Waals surface area contributed by atoms with Crippen molar-refractivity contribution in [1.82, 2.24) is 3.11 Å². The van der Waals surface area contributed by atoms with Crippen LogP contribution >= 0.6 is 45.5 Å². The van der Waals surface area contributed by atoms with Gasteiger partial charge in [0.15, 0.2) is 0 Å². The van der Waals surface area contributed by atoms with Crippen LogP contribution in [0.2, 0.25) is 0 Å². The standard InChI is InChI=1S/C9H9I2NO/c1-12(11)6-7-2-4-8(5-3-7)9(10)13/h2-5H,6H2,1H3. The highest BCUT2D eigenvalue weighted by molar-refractivity contribution is 14.1. The fraction of sp³-hybridized carbons (Fsp3) is 0.222. The number of halogens is 2. The maximum absolute atomic E-state index is 11.0. The summed E-state index contributed by atoms with van der Waals surface area (Å²) in [6.07, 6.45) is 0. The van der Waals surface area contributed by atoms with E-state index in [-0.39, 0.29) is 3.79 Å². The zero-order valence-electron chi connectivity index (χ0n) is 7.13. The molecule has 0 amide bonds. The van der Waals surface area contributed by atoms with Crippen LogP contribution < -0.4 is 0 Å². The van der Waals surface area contributed by atoms with E-state index in [0.717, 1.165) is 12.1 Å². The molecule has 0 heterocycles. The Balaban J connectivity index is 2.75. The van der Waals surface area contributed by atoms with E-state index in [1.54, 1.807) is 22.6 Å². The second kappa shape index (κ2) is 5.26. The van der Waals surface area contributed by atoms with Gasteiger partial charge in [-0.1, -0.05) is 24.3 Å². The number of hydrogen-bond donors (Lipinski definition) is 0. The topological polar surface area (TPSA) is 20.3 Å². The van der Waals surface area contributed by atoms with Gasteiger partial charge in [0.2, 0.25) is 3.79 Å². The van der Waals surface area contributed by atoms with Gasteiger partial charge in [0.25, 0.3) is 0 Å². The van der Waals surface area contributed by atoms with E-state index >= 15 is 0 Å². The smallest absolute Gasteiger partial charge is 0.222 e. The van der Waals surface area contributed by atoms with Crippen molar-refractivity contribution in [2.45, 2.75) is 6.54 Å². The molecule has 1 aromatic carbocycles. The number of carbonyl (C=O) groups is 1. The Labute approximate surface area is 105 Å². The summed E-state index contributed by atoms with van der Waals surface area (Å²) in [4.78, 5) is 11.0. The van der Waals surface area contributed by atoms with E-state index in [2.05, 4.69) is 26.0 Å². The van der Waals surface area contributed by atoms with Crippen LogP contribution in [0.4, 0.5) is 0 Å². The molecule has 0 aliphatic carbocycles. The molecule has 0 bridgehead atoms. The van der Waals surface area contributed by atoms with Gasteiger partial charge in [0.05, 0.1) is 0 Å². The molecule has 1 rings (SSSR count). The van der Waals surface area contributed by atoms with Gasteiger partial charge < -0.3 is 0 Å². The average molecular weight is 401 g/mol. The summed E-state index contributed by atoms with van der Waals surface area (Å²) in [6.45, 7) is 0.899. The summed E-state index contributed by atoms with van der Waals surface area (Å²) < 4.78 is 2.16. The molecule has 1 aromatic rings. The molecule has 13 heavy (non-hydrogen) atoms. The predicted octanol–water partition coefficient (Wildman–Crippen LogP) is 3.04. The molecule has 0 saturated carbocycles. The molecule has 0 spiro atoms. The second-order valence-corrected chi connectivity index (χ2v) is 5.36. The molecule has 0 unspecified atom stereocenters. The Hall–Kier alpha value is 0.310. The first-order chi connectivity index (χ1) is 6.09. The highest BCUT2D eigenvalue weighted by Crippen LogP contribution is 2.11. The van der Waals surface area contributed by atoms with Crippen molar-refractivity contribution in [2.75, 3.05) is 7.05 Å². The van der Waals surface area contributed by atoms with Crippen LogP contribution in [-0.2, 0) is 6.54 Å². The van der Waals surface area contributed by atoms with Crippen LogP contribution in [0.15, 0.2) is 24.3 Å². The third-order valence-electron chi connectivity index (χ3n) is 1.58. The molecule has 0 saturated heterocycles. The first-order valence-electron chi connectivity index (χ1n) is 3.75. The minimum Gasteiger partial charge on any atom is -0.282 e. The minimum atomic E-state index is 0.0898. The van der Waals surface area contributed by atoms with Gasteiger partial charge in [-0.3, -0.25) is 4.79 Å². The Morgan fingerprint density at radius 1 is 1.38 bits per heavy atom. The largest absolute Gasteiger partial charge is 0.282 e. The molecule has 0 aliphatic heterocycles. The lowest BCUT2D eigenvalue weighted by Gasteiger charge is -2.06. The van der Waals surface area contributed by atoms with Crippen molar-refractivity contribution in [3.05, 3.63) is 35.4 Å². The molecule has 0 aliphatic rings. The molecule has 0 atom stereocenters. The van der Waals surface area contributed by atoms with Crippen molar-refractivity contribution in [1.29, 1.82) is 0 Å². The second-order valence-electron chi connectivity index (χ2n) is 2.73. The monoisotopic (exact) mass is 401 g/mol. The van der Waals surface area contributed by atoms with Gasteiger partial charge in [-0.15, -0.1) is 0 Å². The SMILES string of the molecule is CN(I)Cc1ccc(C(=O)I)cc1. The number of nitrogens with zero attached hydrogens (tertiary/aromatic N) is 1. The highest BCUT2D eigenvalue weighted by Gasteiger charge is 2.00. The van der Waals surface area contributed by atoms with Crippen LogP contribution in [0.1, 0.15) is 15.9 Å². The lowest BCUT2D eigenvalue weighted by molar-refractivity contribution is 0.110. The summed E-state index contributed by atoms with van der Waals surface area (Å²) in [5.41, 5.74) is 1.98. The Morgan fingerprint density at radius 3 is 2.31 bits per heavy atom. The number of rotatable bonds is 3. The van der Waals surface area contributed by atoms with Crippen molar-refractivity contribution in [3.63, 3.8) is 0 Å². The lowest BCUT2D eigenvalue weighted by atomic mass is 10.1. The van der Waals surface area contributed by atoms with Gasteiger partial charge >= 0.3 is 0 Å². The zero-order valence-corrected chi connectivity index (χ0v) is 11.4. The average Bonchev–Trinajstić information content (AvgIpc) is 2.04. The van der Waals surface area contributed by atoms with Gasteiger partial charge in [0.1, 0.15) is 0 Å². The summed E-state index contributed by atoms with van der Waals surface area (Å²) in [7, 11) is 2.01. The first kappa shape index (κ1) is 11.4. The van der Waals surface area contributed by atoms with Crippen LogP contribution in [0, 0.1) is 0 Å². The van der Waals surface area contributed by atoms with E-state index in [1.165, 1.54) is 5.56 Å². The molecule has 0 aromatic heterocycles. The van der Waals surface area contributed by atoms with Crippen molar-refractivity contribution >= 4 is 49.2 Å². The molecule has 4 heteroatoms. The van der Waals surface area contributed by atoms with E-state index in [4.69, 9.17) is 0 Å². The molecular formula is C9H9I2NO. The van der Waals surface area contributed by atoms with E-state index in [9.17, 15) is 4.79 Å². The van der Waals surface area contributed by atoms with Gasteiger partial charge in [-0.2, -0.15) is 0 Å². The lowest BCUT2D eigenvalue weighted by Crippen LogP contribution is -2.03. The third-order valence-corrected chi connectivity index (χ3v) is 2.55. The number of hydrogen-bond acceptors (Lipinski definition) is 2. The summed E-state index contributed by atoms with van der Waals surface area (Å²) in [6, 6.07) is 7.70. The quantitative estimate of drug-likeness (QED) is 0.441. The molecular weight excluding hydrogens is 392 g/mol. The molecule has 0 radical (unpaired) electrons. The van der Waals surface area contributed by atoms with Crippen molar-refractivity contribution < 1.29 is 4.79 Å². The number of carbonyl (C=O) groups excluding carboxylic acids is 1. The van der Waals surface area contributed by atoms with Crippen LogP contribution in [0.3, 0.4) is 0 Å². The van der Waals surface area contributed by atoms with Gasteiger partial charge in [-0.25, -0.2) is 3.11 Å². The fourth-order valence-corrected chi connectivity index (χ4v) is 1.75. The minimum absolute atomic E-state index is 0.0898. The maximum Gasteiger partial charge on any atom is 0.222 e. The Bertz CT molecular complexity index is 295. The van der Waals surface area contributed by atoms with Crippen molar-refractivity contribution in [3.8, 4) is 0 Å². The maximum atomic E-state index is 11.0. The van der Waals surface area contributed by atoms with E-state index in [1.807, 2.05) is 31.3 Å². The fourth-order valence-electron chi connectivity index (χ4n) is 0.993. The molecule has 70 valence electrons. The van der Waals surface area contributed by atoms with Crippen molar-refractivity contribution in [2.24, 2.45) is 0 Å². The Kier molecular flexibility index (Phi) is 4.60. The predicted molar refractivity (Wildman–Crippen MR) is 70.3 cm³/mol. The van der Waals surface area contributed by atoms with E-state index in [0.29, 0.717) is 0 Å². The summed E-state index contributed by atoms with van der Waals surface area (Å²) >= 11 is 4.03. The van der Waals surface area contributed by atoms with Gasteiger partial charge in [-0.05, 0) is 12.6 Å². The summed E-state index contributed by atoms with van der Waals surface area (Å²) in [5, 5.41) is 0. The van der Waals surface area contributed by atoms with Crippen LogP contribution in [0.25, 0.3) is 0 Å². The van der Waals surface area contributed by atoms with E-state index < -0.39 is 0 Å².